The highest BCUT2D eigenvalue weighted by Gasteiger charge is 2.41. The molecule has 2 aromatic rings. The summed E-state index contributed by atoms with van der Waals surface area (Å²) in [6.07, 6.45) is 5.11. The average Bonchev–Trinajstić information content (AvgIpc) is 3.34. The SMILES string of the molecule is O=S(=O)(Nc1nccs1)c1cc(Cl)c(NCC2CCCC3(C2)OCCO3)cc1F. The highest BCUT2D eigenvalue weighted by Crippen LogP contribution is 2.39. The first-order chi connectivity index (χ1) is 13.9. The quantitative estimate of drug-likeness (QED) is 0.673. The van der Waals surface area contributed by atoms with Gasteiger partial charge in [-0.15, -0.1) is 11.3 Å². The maximum Gasteiger partial charge on any atom is 0.266 e. The van der Waals surface area contributed by atoms with Crippen LogP contribution in [0.15, 0.2) is 28.6 Å². The first-order valence-electron chi connectivity index (χ1n) is 9.30. The number of hydrogen-bond donors (Lipinski definition) is 2. The fraction of sp³-hybridized carbons (Fsp3) is 0.500. The normalized spacial score (nSPS) is 21.4. The van der Waals surface area contributed by atoms with Crippen LogP contribution in [-0.4, -0.2) is 38.9 Å². The van der Waals surface area contributed by atoms with Gasteiger partial charge in [0.2, 0.25) is 0 Å². The molecule has 2 heterocycles. The van der Waals surface area contributed by atoms with Gasteiger partial charge in [-0.2, -0.15) is 0 Å². The second kappa shape index (κ2) is 8.35. The molecule has 1 atom stereocenters. The van der Waals surface area contributed by atoms with Gasteiger partial charge in [-0.05, 0) is 30.9 Å². The van der Waals surface area contributed by atoms with Gasteiger partial charge in [0.05, 0.1) is 23.9 Å². The summed E-state index contributed by atoms with van der Waals surface area (Å²) in [7, 11) is -4.13. The Balaban J connectivity index is 1.44. The molecule has 2 N–H and O–H groups in total. The number of benzene rings is 1. The molecule has 0 radical (unpaired) electrons. The number of anilines is 2. The Bertz CT molecular complexity index is 966. The molecule has 1 saturated carbocycles. The minimum Gasteiger partial charge on any atom is -0.383 e. The molecule has 1 unspecified atom stereocenters. The third-order valence-corrected chi connectivity index (χ3v) is 7.61. The molecule has 1 aromatic heterocycles. The lowest BCUT2D eigenvalue weighted by molar-refractivity contribution is -0.185. The number of nitrogens with one attached hydrogen (secondary N) is 2. The van der Waals surface area contributed by atoms with E-state index in [1.165, 1.54) is 6.20 Å². The number of hydrogen-bond acceptors (Lipinski definition) is 7. The maximum atomic E-state index is 14.6. The van der Waals surface area contributed by atoms with E-state index in [1.54, 1.807) is 5.38 Å². The van der Waals surface area contributed by atoms with Crippen LogP contribution in [0.3, 0.4) is 0 Å². The average molecular weight is 462 g/mol. The largest absolute Gasteiger partial charge is 0.383 e. The molecule has 1 aromatic carbocycles. The molecule has 4 rings (SSSR count). The van der Waals surface area contributed by atoms with E-state index in [0.717, 1.165) is 49.2 Å². The van der Waals surface area contributed by atoms with Gasteiger partial charge < -0.3 is 14.8 Å². The van der Waals surface area contributed by atoms with Crippen molar-refractivity contribution in [2.45, 2.75) is 36.4 Å². The van der Waals surface area contributed by atoms with Crippen molar-refractivity contribution in [2.24, 2.45) is 5.92 Å². The first kappa shape index (κ1) is 20.8. The lowest BCUT2D eigenvalue weighted by Crippen LogP contribution is -2.38. The van der Waals surface area contributed by atoms with E-state index in [1.807, 2.05) is 0 Å². The standard InChI is InChI=1S/C18H21ClFN3O4S2/c19-13-8-16(29(24,25)23-17-21-4-7-28-17)14(20)9-15(13)22-11-12-2-1-3-18(10-12)26-5-6-27-18/h4,7-9,12,22H,1-3,5-6,10-11H2,(H,21,23). The van der Waals surface area contributed by atoms with E-state index in [2.05, 4.69) is 15.0 Å². The minimum absolute atomic E-state index is 0.129. The number of aromatic nitrogens is 1. The molecule has 1 saturated heterocycles. The van der Waals surface area contributed by atoms with Crippen molar-refractivity contribution in [3.8, 4) is 0 Å². The highest BCUT2D eigenvalue weighted by molar-refractivity contribution is 7.93. The van der Waals surface area contributed by atoms with E-state index in [9.17, 15) is 12.8 Å². The Morgan fingerprint density at radius 3 is 2.86 bits per heavy atom. The van der Waals surface area contributed by atoms with Crippen molar-refractivity contribution in [1.29, 1.82) is 0 Å². The van der Waals surface area contributed by atoms with Crippen LogP contribution in [0, 0.1) is 11.7 Å². The van der Waals surface area contributed by atoms with Gasteiger partial charge in [0.15, 0.2) is 10.9 Å². The van der Waals surface area contributed by atoms with Gasteiger partial charge in [-0.25, -0.2) is 17.8 Å². The molecular weight excluding hydrogens is 441 g/mol. The minimum atomic E-state index is -4.13. The smallest absolute Gasteiger partial charge is 0.266 e. The van der Waals surface area contributed by atoms with E-state index in [0.29, 0.717) is 25.4 Å². The molecule has 1 spiro atoms. The van der Waals surface area contributed by atoms with Crippen LogP contribution in [0.5, 0.6) is 0 Å². The molecular formula is C18H21ClFN3O4S2. The molecule has 1 aliphatic heterocycles. The molecule has 29 heavy (non-hydrogen) atoms. The fourth-order valence-corrected chi connectivity index (χ4v) is 5.98. The summed E-state index contributed by atoms with van der Waals surface area (Å²) in [6, 6.07) is 2.22. The lowest BCUT2D eigenvalue weighted by Gasteiger charge is -2.36. The number of rotatable bonds is 6. The van der Waals surface area contributed by atoms with Crippen molar-refractivity contribution in [3.63, 3.8) is 0 Å². The number of thiazole rings is 1. The monoisotopic (exact) mass is 461 g/mol. The Morgan fingerprint density at radius 1 is 1.34 bits per heavy atom. The van der Waals surface area contributed by atoms with Crippen LogP contribution in [0.1, 0.15) is 25.7 Å². The van der Waals surface area contributed by atoms with E-state index < -0.39 is 26.5 Å². The summed E-state index contributed by atoms with van der Waals surface area (Å²) in [6.45, 7) is 1.79. The van der Waals surface area contributed by atoms with Crippen molar-refractivity contribution >= 4 is 43.8 Å². The predicted molar refractivity (Wildman–Crippen MR) is 109 cm³/mol. The summed E-state index contributed by atoms with van der Waals surface area (Å²) >= 11 is 7.34. The van der Waals surface area contributed by atoms with Gasteiger partial charge in [0.25, 0.3) is 10.0 Å². The third kappa shape index (κ3) is 4.66. The second-order valence-corrected chi connectivity index (χ2v) is 10.1. The van der Waals surface area contributed by atoms with Gasteiger partial charge in [-0.1, -0.05) is 11.6 Å². The van der Waals surface area contributed by atoms with Crippen LogP contribution in [-0.2, 0) is 19.5 Å². The predicted octanol–water partition coefficient (Wildman–Crippen LogP) is 4.08. The van der Waals surface area contributed by atoms with Crippen LogP contribution in [0.2, 0.25) is 5.02 Å². The van der Waals surface area contributed by atoms with E-state index in [4.69, 9.17) is 21.1 Å². The van der Waals surface area contributed by atoms with Crippen LogP contribution >= 0.6 is 22.9 Å². The Morgan fingerprint density at radius 2 is 2.14 bits per heavy atom. The second-order valence-electron chi connectivity index (χ2n) is 7.16. The van der Waals surface area contributed by atoms with Crippen molar-refractivity contribution in [1.82, 2.24) is 4.98 Å². The molecule has 158 valence electrons. The van der Waals surface area contributed by atoms with Crippen LogP contribution in [0.25, 0.3) is 0 Å². The van der Waals surface area contributed by atoms with E-state index in [-0.39, 0.29) is 16.1 Å². The van der Waals surface area contributed by atoms with E-state index >= 15 is 0 Å². The molecule has 0 bridgehead atoms. The van der Waals surface area contributed by atoms with Gasteiger partial charge >= 0.3 is 0 Å². The molecule has 2 fully saturated rings. The summed E-state index contributed by atoms with van der Waals surface area (Å²) in [4.78, 5) is 3.33. The van der Waals surface area contributed by atoms with Crippen molar-refractivity contribution in [3.05, 3.63) is 34.5 Å². The van der Waals surface area contributed by atoms with Crippen LogP contribution in [0.4, 0.5) is 15.2 Å². The fourth-order valence-electron chi connectivity index (χ4n) is 3.81. The van der Waals surface area contributed by atoms with Crippen molar-refractivity contribution in [2.75, 3.05) is 29.8 Å². The zero-order valence-electron chi connectivity index (χ0n) is 15.5. The zero-order chi connectivity index (χ0) is 20.5. The van der Waals surface area contributed by atoms with Gasteiger partial charge in [-0.3, -0.25) is 4.72 Å². The number of halogens is 2. The molecule has 11 heteroatoms. The Hall–Kier alpha value is -1.46. The summed E-state index contributed by atoms with van der Waals surface area (Å²) in [5.74, 6) is -1.08. The summed E-state index contributed by atoms with van der Waals surface area (Å²) < 4.78 is 53.3. The summed E-state index contributed by atoms with van der Waals surface area (Å²) in [5.41, 5.74) is 0.352. The van der Waals surface area contributed by atoms with Crippen LogP contribution < -0.4 is 10.0 Å². The van der Waals surface area contributed by atoms with Gasteiger partial charge in [0, 0.05) is 31.0 Å². The third-order valence-electron chi connectivity index (χ3n) is 5.13. The molecule has 1 aliphatic carbocycles. The molecule has 2 aliphatic rings. The van der Waals surface area contributed by atoms with Gasteiger partial charge in [0.1, 0.15) is 10.7 Å². The Labute approximate surface area is 177 Å². The number of nitrogens with zero attached hydrogens (tertiary/aromatic N) is 1. The highest BCUT2D eigenvalue weighted by atomic mass is 35.5. The molecule has 0 amide bonds. The number of ether oxygens (including phenoxy) is 2. The number of sulfonamides is 1. The lowest BCUT2D eigenvalue weighted by atomic mass is 9.84. The Kier molecular flexibility index (Phi) is 5.99. The topological polar surface area (TPSA) is 89.6 Å². The first-order valence-corrected chi connectivity index (χ1v) is 12.0. The summed E-state index contributed by atoms with van der Waals surface area (Å²) in [5, 5.41) is 5.05. The molecule has 7 nitrogen and oxygen atoms in total. The van der Waals surface area contributed by atoms with Crippen molar-refractivity contribution < 1.29 is 22.3 Å². The maximum absolute atomic E-state index is 14.6. The zero-order valence-corrected chi connectivity index (χ0v) is 17.9.